The fourth-order valence-electron chi connectivity index (χ4n) is 5.06. The Morgan fingerprint density at radius 2 is 0.889 bits per heavy atom. The zero-order chi connectivity index (χ0) is 26.5. The van der Waals surface area contributed by atoms with Crippen molar-refractivity contribution in [3.05, 3.63) is 0 Å². The molecule has 0 spiro atoms. The van der Waals surface area contributed by atoms with Gasteiger partial charge < -0.3 is 15.5 Å². The van der Waals surface area contributed by atoms with Gasteiger partial charge >= 0.3 is 0 Å². The highest BCUT2D eigenvalue weighted by atomic mass is 16.3. The van der Waals surface area contributed by atoms with Crippen LogP contribution in [0.4, 0.5) is 0 Å². The lowest BCUT2D eigenvalue weighted by Crippen LogP contribution is -2.45. The van der Waals surface area contributed by atoms with Crippen molar-refractivity contribution in [2.24, 2.45) is 0 Å². The van der Waals surface area contributed by atoms with Crippen molar-refractivity contribution in [1.82, 2.24) is 5.32 Å². The lowest BCUT2D eigenvalue weighted by Gasteiger charge is -2.22. The molecule has 0 heterocycles. The van der Waals surface area contributed by atoms with Crippen LogP contribution in [-0.4, -0.2) is 34.9 Å². The molecule has 0 saturated carbocycles. The summed E-state index contributed by atoms with van der Waals surface area (Å²) in [5, 5.41) is 22.9. The SMILES string of the molecule is CCCCCCCCCCCCCCCC(=O)N[C@@H](CO)[C@H](O)CCCCCCCCCCCCC. The number of carbonyl (C=O) groups is 1. The summed E-state index contributed by atoms with van der Waals surface area (Å²) >= 11 is 0. The lowest BCUT2D eigenvalue weighted by molar-refractivity contribution is -0.123. The van der Waals surface area contributed by atoms with Crippen molar-refractivity contribution in [3.63, 3.8) is 0 Å². The molecule has 0 aliphatic carbocycles. The second-order valence-corrected chi connectivity index (χ2v) is 11.2. The van der Waals surface area contributed by atoms with Crippen LogP contribution in [0, 0.1) is 0 Å². The molecule has 3 N–H and O–H groups in total. The molecule has 36 heavy (non-hydrogen) atoms. The maximum absolute atomic E-state index is 12.2. The molecule has 1 amide bonds. The van der Waals surface area contributed by atoms with E-state index in [0.29, 0.717) is 12.8 Å². The quantitative estimate of drug-likeness (QED) is 0.0877. The molecule has 0 aromatic heterocycles. The molecule has 0 rings (SSSR count). The van der Waals surface area contributed by atoms with Crippen LogP contribution in [-0.2, 0) is 4.79 Å². The van der Waals surface area contributed by atoms with Crippen molar-refractivity contribution < 1.29 is 15.0 Å². The minimum absolute atomic E-state index is 0.0323. The zero-order valence-corrected chi connectivity index (χ0v) is 24.5. The number of unbranched alkanes of at least 4 members (excludes halogenated alkanes) is 22. The molecule has 0 aliphatic rings. The summed E-state index contributed by atoms with van der Waals surface area (Å²) in [6, 6.07) is -0.525. The van der Waals surface area contributed by atoms with Crippen LogP contribution in [0.5, 0.6) is 0 Å². The molecule has 0 radical (unpaired) electrons. The van der Waals surface area contributed by atoms with E-state index in [2.05, 4.69) is 19.2 Å². The molecule has 0 aromatic carbocycles. The van der Waals surface area contributed by atoms with Gasteiger partial charge in [-0.1, -0.05) is 162 Å². The molecular formula is C32H65NO3. The maximum Gasteiger partial charge on any atom is 0.220 e. The first-order valence-electron chi connectivity index (χ1n) is 16.2. The van der Waals surface area contributed by atoms with Crippen LogP contribution in [0.15, 0.2) is 0 Å². The first-order chi connectivity index (χ1) is 17.7. The van der Waals surface area contributed by atoms with Crippen LogP contribution in [0.1, 0.15) is 181 Å². The van der Waals surface area contributed by atoms with E-state index in [1.54, 1.807) is 0 Å². The highest BCUT2D eigenvalue weighted by molar-refractivity contribution is 5.76. The Bertz CT molecular complexity index is 443. The van der Waals surface area contributed by atoms with E-state index in [1.807, 2.05) is 0 Å². The van der Waals surface area contributed by atoms with Crippen LogP contribution in [0.3, 0.4) is 0 Å². The van der Waals surface area contributed by atoms with E-state index in [9.17, 15) is 15.0 Å². The van der Waals surface area contributed by atoms with Crippen LogP contribution in [0.25, 0.3) is 0 Å². The molecule has 4 heteroatoms. The molecule has 4 nitrogen and oxygen atoms in total. The number of amides is 1. The topological polar surface area (TPSA) is 69.6 Å². The average molecular weight is 512 g/mol. The molecular weight excluding hydrogens is 446 g/mol. The van der Waals surface area contributed by atoms with Gasteiger partial charge in [-0.05, 0) is 12.8 Å². The molecule has 0 aliphatic heterocycles. The number of hydrogen-bond acceptors (Lipinski definition) is 3. The van der Waals surface area contributed by atoms with Gasteiger partial charge in [0.2, 0.25) is 5.91 Å². The fraction of sp³-hybridized carbons (Fsp3) is 0.969. The highest BCUT2D eigenvalue weighted by Gasteiger charge is 2.19. The first kappa shape index (κ1) is 35.4. The third-order valence-electron chi connectivity index (χ3n) is 7.62. The molecule has 216 valence electrons. The number of aliphatic hydroxyl groups excluding tert-OH is 2. The van der Waals surface area contributed by atoms with Gasteiger partial charge in [-0.25, -0.2) is 0 Å². The van der Waals surface area contributed by atoms with Gasteiger partial charge in [-0.3, -0.25) is 4.79 Å². The number of rotatable bonds is 29. The third kappa shape index (κ3) is 25.1. The Morgan fingerprint density at radius 1 is 0.556 bits per heavy atom. The number of hydrogen-bond donors (Lipinski definition) is 3. The van der Waals surface area contributed by atoms with Gasteiger partial charge in [0.15, 0.2) is 0 Å². The summed E-state index contributed by atoms with van der Waals surface area (Å²) in [6.07, 6.45) is 31.4. The molecule has 0 bridgehead atoms. The van der Waals surface area contributed by atoms with Gasteiger partial charge in [0.05, 0.1) is 18.8 Å². The summed E-state index contributed by atoms with van der Waals surface area (Å²) in [5.74, 6) is -0.0323. The second kappa shape index (κ2) is 29.0. The average Bonchev–Trinajstić information content (AvgIpc) is 2.88. The Balaban J connectivity index is 3.56. The molecule has 0 saturated heterocycles. The van der Waals surface area contributed by atoms with Gasteiger partial charge in [-0.15, -0.1) is 0 Å². The molecule has 0 unspecified atom stereocenters. The zero-order valence-electron chi connectivity index (χ0n) is 24.5. The summed E-state index contributed by atoms with van der Waals surface area (Å²) in [6.45, 7) is 4.34. The largest absolute Gasteiger partial charge is 0.394 e. The smallest absolute Gasteiger partial charge is 0.220 e. The minimum atomic E-state index is -0.649. The Hall–Kier alpha value is -0.610. The predicted octanol–water partition coefficient (Wildman–Crippen LogP) is 9.01. The van der Waals surface area contributed by atoms with E-state index in [4.69, 9.17) is 0 Å². The first-order valence-corrected chi connectivity index (χ1v) is 16.2. The van der Waals surface area contributed by atoms with Gasteiger partial charge in [0, 0.05) is 6.42 Å². The summed E-state index contributed by atoms with van der Waals surface area (Å²) in [4.78, 5) is 12.2. The number of nitrogens with one attached hydrogen (secondary N) is 1. The monoisotopic (exact) mass is 511 g/mol. The third-order valence-corrected chi connectivity index (χ3v) is 7.62. The maximum atomic E-state index is 12.2. The van der Waals surface area contributed by atoms with Crippen molar-refractivity contribution in [3.8, 4) is 0 Å². The lowest BCUT2D eigenvalue weighted by atomic mass is 10.0. The Kier molecular flexibility index (Phi) is 28.5. The van der Waals surface area contributed by atoms with Crippen molar-refractivity contribution in [2.75, 3.05) is 6.61 Å². The number of carbonyl (C=O) groups excluding carboxylic acids is 1. The van der Waals surface area contributed by atoms with Crippen LogP contribution in [0.2, 0.25) is 0 Å². The second-order valence-electron chi connectivity index (χ2n) is 11.2. The van der Waals surface area contributed by atoms with E-state index >= 15 is 0 Å². The van der Waals surface area contributed by atoms with Gasteiger partial charge in [0.25, 0.3) is 0 Å². The van der Waals surface area contributed by atoms with E-state index < -0.39 is 12.1 Å². The van der Waals surface area contributed by atoms with E-state index in [1.165, 1.54) is 128 Å². The Morgan fingerprint density at radius 3 is 1.25 bits per heavy atom. The summed E-state index contributed by atoms with van der Waals surface area (Å²) < 4.78 is 0. The van der Waals surface area contributed by atoms with Crippen molar-refractivity contribution in [2.45, 2.75) is 193 Å². The summed E-state index contributed by atoms with van der Waals surface area (Å²) in [5.41, 5.74) is 0. The molecule has 0 fully saturated rings. The number of aliphatic hydroxyl groups is 2. The van der Waals surface area contributed by atoms with Crippen LogP contribution < -0.4 is 5.32 Å². The van der Waals surface area contributed by atoms with E-state index in [0.717, 1.165) is 25.7 Å². The predicted molar refractivity (Wildman–Crippen MR) is 156 cm³/mol. The Labute approximate surface area is 225 Å². The van der Waals surface area contributed by atoms with Gasteiger partial charge in [0.1, 0.15) is 0 Å². The fourth-order valence-corrected chi connectivity index (χ4v) is 5.06. The molecule has 2 atom stereocenters. The van der Waals surface area contributed by atoms with E-state index in [-0.39, 0.29) is 12.5 Å². The van der Waals surface area contributed by atoms with Crippen LogP contribution >= 0.6 is 0 Å². The van der Waals surface area contributed by atoms with Crippen molar-refractivity contribution in [1.29, 1.82) is 0 Å². The normalized spacial score (nSPS) is 13.1. The highest BCUT2D eigenvalue weighted by Crippen LogP contribution is 2.15. The molecule has 0 aromatic rings. The standard InChI is InChI=1S/C32H65NO3/c1-3-5-7-9-11-13-15-16-18-20-22-24-26-28-32(36)33-30(29-34)31(35)27-25-23-21-19-17-14-12-10-8-6-4-2/h30-31,34-35H,3-29H2,1-2H3,(H,33,36)/t30-,31+/m0/s1. The van der Waals surface area contributed by atoms with Gasteiger partial charge in [-0.2, -0.15) is 0 Å². The minimum Gasteiger partial charge on any atom is -0.394 e. The summed E-state index contributed by atoms with van der Waals surface area (Å²) in [7, 11) is 0. The van der Waals surface area contributed by atoms with Crippen molar-refractivity contribution >= 4 is 5.91 Å².